The number of rotatable bonds is 13. The number of aromatic hydroxyl groups is 2. The Labute approximate surface area is 369 Å². The van der Waals surface area contributed by atoms with E-state index in [1.165, 1.54) is 42.7 Å². The molecule has 6 aromatic carbocycles. The number of phenolic OH excluding ortho intramolecular Hbond substituents is 2. The summed E-state index contributed by atoms with van der Waals surface area (Å²) in [6.45, 7) is 0. The highest BCUT2D eigenvalue weighted by Crippen LogP contribution is 2.41. The maximum Gasteiger partial charge on any atom is 0.266 e. The summed E-state index contributed by atoms with van der Waals surface area (Å²) in [5, 5.41) is 40.6. The first-order valence-corrected chi connectivity index (χ1v) is 20.2. The van der Waals surface area contributed by atoms with Crippen LogP contribution in [0.3, 0.4) is 0 Å². The molecule has 0 saturated carbocycles. The van der Waals surface area contributed by atoms with Crippen LogP contribution in [0.2, 0.25) is 10.0 Å². The molecule has 0 fully saturated rings. The minimum Gasteiger partial charge on any atom is -0.505 e. The molecule has 0 aliphatic heterocycles. The van der Waals surface area contributed by atoms with Gasteiger partial charge in [-0.3, -0.25) is 19.6 Å². The fraction of sp³-hybridized carbons (Fsp3) is 0.0816. The van der Waals surface area contributed by atoms with Crippen molar-refractivity contribution in [1.82, 2.24) is 20.6 Å². The second-order valence-corrected chi connectivity index (χ2v) is 15.0. The van der Waals surface area contributed by atoms with Gasteiger partial charge in [-0.15, -0.1) is 0 Å². The maximum atomic E-state index is 15.9. The second kappa shape index (κ2) is 18.5. The molecule has 11 nitrogen and oxygen atoms in total. The van der Waals surface area contributed by atoms with Crippen molar-refractivity contribution in [2.45, 2.75) is 24.3 Å². The van der Waals surface area contributed by atoms with Crippen molar-refractivity contribution >= 4 is 56.8 Å². The van der Waals surface area contributed by atoms with Crippen molar-refractivity contribution in [3.8, 4) is 29.1 Å². The lowest BCUT2D eigenvalue weighted by Crippen LogP contribution is -2.56. The summed E-state index contributed by atoms with van der Waals surface area (Å²) < 4.78 is 28.6. The molecule has 312 valence electrons. The minimum absolute atomic E-state index is 0.00136. The van der Waals surface area contributed by atoms with Crippen LogP contribution in [0.15, 0.2) is 158 Å². The zero-order valence-corrected chi connectivity index (χ0v) is 34.3. The summed E-state index contributed by atoms with van der Waals surface area (Å²) in [6, 6.07) is 37.5. The maximum absolute atomic E-state index is 15.9. The average Bonchev–Trinajstić information content (AvgIpc) is 3.32. The molecule has 8 rings (SSSR count). The summed E-state index contributed by atoms with van der Waals surface area (Å²) in [5.41, 5.74) is 0.707. The van der Waals surface area contributed by atoms with Crippen molar-refractivity contribution < 1.29 is 33.7 Å². The Hall–Kier alpha value is -7.72. The first-order valence-electron chi connectivity index (χ1n) is 19.4. The van der Waals surface area contributed by atoms with Gasteiger partial charge in [0, 0.05) is 39.9 Å². The monoisotopic (exact) mass is 877 g/mol. The highest BCUT2D eigenvalue weighted by molar-refractivity contribution is 6.36. The van der Waals surface area contributed by atoms with Gasteiger partial charge < -0.3 is 30.3 Å². The van der Waals surface area contributed by atoms with E-state index >= 15 is 14.0 Å². The van der Waals surface area contributed by atoms with Gasteiger partial charge in [-0.25, -0.2) is 4.39 Å². The summed E-state index contributed by atoms with van der Waals surface area (Å²) in [7, 11) is 0. The number of ether oxygens (including phenoxy) is 2. The molecule has 2 amide bonds. The number of amides is 2. The topological polar surface area (TPSA) is 167 Å². The zero-order chi connectivity index (χ0) is 44.0. The molecule has 0 saturated heterocycles. The zero-order valence-electron chi connectivity index (χ0n) is 32.8. The summed E-state index contributed by atoms with van der Waals surface area (Å²) in [4.78, 5) is 38.9. The van der Waals surface area contributed by atoms with Gasteiger partial charge >= 0.3 is 0 Å². The van der Waals surface area contributed by atoms with Crippen LogP contribution in [-0.2, 0) is 9.59 Å². The van der Waals surface area contributed by atoms with E-state index in [0.29, 0.717) is 10.8 Å². The summed E-state index contributed by atoms with van der Waals surface area (Å²) >= 11 is 13.5. The fourth-order valence-electron chi connectivity index (χ4n) is 7.30. The number of hydrogen-bond donors (Lipinski definition) is 4. The molecular weight excluding hydrogens is 844 g/mol. The first kappa shape index (κ1) is 42.0. The molecule has 63 heavy (non-hydrogen) atoms. The number of fused-ring (bicyclic) bond motifs is 2. The van der Waals surface area contributed by atoms with Crippen molar-refractivity contribution in [2.75, 3.05) is 0 Å². The van der Waals surface area contributed by atoms with Gasteiger partial charge in [0.05, 0.1) is 33.8 Å². The van der Waals surface area contributed by atoms with Crippen molar-refractivity contribution in [1.29, 1.82) is 5.26 Å². The Kier molecular flexibility index (Phi) is 12.3. The number of nitriles is 1. The van der Waals surface area contributed by atoms with Gasteiger partial charge in [-0.2, -0.15) is 5.26 Å². The Bertz CT molecular complexity index is 3030. The lowest BCUT2D eigenvalue weighted by atomic mass is 9.92. The number of halogens is 3. The van der Waals surface area contributed by atoms with E-state index in [1.807, 2.05) is 0 Å². The average molecular weight is 879 g/mol. The van der Waals surface area contributed by atoms with Gasteiger partial charge in [-0.1, -0.05) is 96.0 Å². The van der Waals surface area contributed by atoms with E-state index in [2.05, 4.69) is 26.7 Å². The number of nitrogens with zero attached hydrogens (tertiary/aromatic N) is 3. The number of carbonyl (C=O) groups is 2. The van der Waals surface area contributed by atoms with Gasteiger partial charge in [0.15, 0.2) is 0 Å². The van der Waals surface area contributed by atoms with E-state index in [-0.39, 0.29) is 71.9 Å². The van der Waals surface area contributed by atoms with Crippen LogP contribution in [0.4, 0.5) is 4.39 Å². The number of pyridine rings is 2. The molecule has 0 spiro atoms. The fourth-order valence-corrected chi connectivity index (χ4v) is 7.84. The summed E-state index contributed by atoms with van der Waals surface area (Å²) in [5.74, 6) is -3.01. The van der Waals surface area contributed by atoms with Gasteiger partial charge in [0.2, 0.25) is 12.2 Å². The Balaban J connectivity index is 1.27. The number of aromatic nitrogens is 2. The van der Waals surface area contributed by atoms with Gasteiger partial charge in [0.1, 0.15) is 39.8 Å². The Morgan fingerprint density at radius 1 is 0.587 bits per heavy atom. The van der Waals surface area contributed by atoms with E-state index in [0.717, 1.165) is 0 Å². The predicted molar refractivity (Wildman–Crippen MR) is 236 cm³/mol. The number of phenols is 2. The third-order valence-electron chi connectivity index (χ3n) is 10.3. The highest BCUT2D eigenvalue weighted by atomic mass is 35.5. The molecule has 8 aromatic rings. The van der Waals surface area contributed by atoms with Crippen LogP contribution >= 0.6 is 23.2 Å². The van der Waals surface area contributed by atoms with E-state index in [4.69, 9.17) is 32.7 Å². The van der Waals surface area contributed by atoms with Crippen LogP contribution < -0.4 is 20.1 Å². The number of para-hydroxylation sites is 2. The standard InChI is InChI=1S/C49H34Cl2FN5O6/c50-37-25-35(44(58)42-32(37)20-11-23-54-42)40(31-18-8-7-13-28(31)27-53)56-48(60)46(62-29-14-3-1-4-15-29)47(63-30-16-5-2-6-17-30)49(61)57-41(34-19-9-10-22-39(34)52)36-26-38(51)33-21-12-24-55-43(33)45(36)59/h1-26,40-41,46-47,58-59H,(H,56,60)(H,57,61). The Morgan fingerprint density at radius 2 is 1.02 bits per heavy atom. The van der Waals surface area contributed by atoms with Crippen molar-refractivity contribution in [3.63, 3.8) is 0 Å². The van der Waals surface area contributed by atoms with Crippen LogP contribution in [0, 0.1) is 17.1 Å². The highest BCUT2D eigenvalue weighted by Gasteiger charge is 2.41. The first-order chi connectivity index (χ1) is 30.6. The lowest BCUT2D eigenvalue weighted by molar-refractivity contribution is -0.143. The van der Waals surface area contributed by atoms with E-state index < -0.39 is 41.9 Å². The molecule has 0 radical (unpaired) electrons. The van der Waals surface area contributed by atoms with Gasteiger partial charge in [0.25, 0.3) is 11.8 Å². The van der Waals surface area contributed by atoms with Crippen LogP contribution in [0.5, 0.6) is 23.0 Å². The minimum atomic E-state index is -1.86. The molecular formula is C49H34Cl2FN5O6. The van der Waals surface area contributed by atoms with Crippen LogP contribution in [0.1, 0.15) is 39.9 Å². The quantitative estimate of drug-likeness (QED) is 0.0882. The molecule has 0 aliphatic rings. The number of carbonyl (C=O) groups excluding carboxylic acids is 2. The molecule has 4 atom stereocenters. The molecule has 4 unspecified atom stereocenters. The SMILES string of the molecule is N#Cc1ccccc1C(NC(=O)C(Oc1ccccc1)C(Oc1ccccc1)C(=O)NC(c1ccccc1F)c1cc(Cl)c2cccnc2c1O)c1cc(Cl)c2cccnc2c1O. The molecule has 2 heterocycles. The molecule has 2 aromatic heterocycles. The van der Waals surface area contributed by atoms with Crippen molar-refractivity contribution in [2.24, 2.45) is 0 Å². The second-order valence-electron chi connectivity index (χ2n) is 14.2. The number of benzene rings is 6. The van der Waals surface area contributed by atoms with Crippen molar-refractivity contribution in [3.05, 3.63) is 202 Å². The largest absolute Gasteiger partial charge is 0.505 e. The molecule has 14 heteroatoms. The van der Waals surface area contributed by atoms with E-state index in [1.54, 1.807) is 115 Å². The third-order valence-corrected chi connectivity index (χ3v) is 10.9. The normalized spacial score (nSPS) is 13.0. The molecule has 0 aliphatic carbocycles. The predicted octanol–water partition coefficient (Wildman–Crippen LogP) is 9.52. The van der Waals surface area contributed by atoms with Crippen LogP contribution in [-0.4, -0.2) is 44.2 Å². The number of hydrogen-bond acceptors (Lipinski definition) is 9. The lowest BCUT2D eigenvalue weighted by Gasteiger charge is -2.31. The van der Waals surface area contributed by atoms with Gasteiger partial charge in [-0.05, 0) is 78.4 Å². The van der Waals surface area contributed by atoms with E-state index in [9.17, 15) is 15.5 Å². The smallest absolute Gasteiger partial charge is 0.266 e. The molecule has 4 N–H and O–H groups in total. The molecule has 0 bridgehead atoms. The Morgan fingerprint density at radius 3 is 1.49 bits per heavy atom. The number of nitrogens with one attached hydrogen (secondary N) is 2. The third kappa shape index (κ3) is 8.74. The summed E-state index contributed by atoms with van der Waals surface area (Å²) in [6.07, 6.45) is -0.779. The van der Waals surface area contributed by atoms with Crippen LogP contribution in [0.25, 0.3) is 21.8 Å².